The van der Waals surface area contributed by atoms with Gasteiger partial charge in [0.15, 0.2) is 6.29 Å². The Morgan fingerprint density at radius 1 is 1.45 bits per heavy atom. The summed E-state index contributed by atoms with van der Waals surface area (Å²) in [4.78, 5) is 0. The molecule has 1 aliphatic heterocycles. The minimum Gasteiger partial charge on any atom is -0.391 e. The molecule has 1 rings (SSSR count). The number of nitrogens with one attached hydrogen (secondary N) is 1. The molecule has 4 nitrogen and oxygen atoms in total. The molecule has 0 aliphatic carbocycles. The number of rotatable bonds is 1. The molecule has 1 fully saturated rings. The Balaban J connectivity index is 2.52. The fraction of sp³-hybridized carbons (Fsp3) is 1.00. The van der Waals surface area contributed by atoms with E-state index in [-0.39, 0.29) is 18.6 Å². The van der Waals surface area contributed by atoms with Crippen molar-refractivity contribution in [2.75, 3.05) is 7.05 Å². The van der Waals surface area contributed by atoms with Crippen LogP contribution in [-0.4, -0.2) is 41.8 Å². The molecule has 0 aromatic heterocycles. The lowest BCUT2D eigenvalue weighted by Gasteiger charge is -2.35. The third-order valence-electron chi connectivity index (χ3n) is 2.07. The van der Waals surface area contributed by atoms with Crippen LogP contribution in [0.4, 0.5) is 0 Å². The average molecular weight is 161 g/mol. The van der Waals surface area contributed by atoms with E-state index in [1.165, 1.54) is 0 Å². The summed E-state index contributed by atoms with van der Waals surface area (Å²) in [5, 5.41) is 21.4. The Labute approximate surface area is 66.2 Å². The Bertz CT molecular complexity index is 119. The van der Waals surface area contributed by atoms with Gasteiger partial charge in [-0.1, -0.05) is 0 Å². The Hall–Kier alpha value is -0.160. The first-order valence-electron chi connectivity index (χ1n) is 3.84. The predicted molar refractivity (Wildman–Crippen MR) is 40.0 cm³/mol. The monoisotopic (exact) mass is 161 g/mol. The van der Waals surface area contributed by atoms with Crippen LogP contribution < -0.4 is 5.32 Å². The van der Waals surface area contributed by atoms with Crippen LogP contribution in [0.5, 0.6) is 0 Å². The molecule has 1 aliphatic rings. The van der Waals surface area contributed by atoms with Crippen LogP contribution in [0.2, 0.25) is 0 Å². The first-order valence-corrected chi connectivity index (χ1v) is 3.84. The molecule has 1 saturated heterocycles. The Morgan fingerprint density at radius 2 is 2.09 bits per heavy atom. The molecule has 11 heavy (non-hydrogen) atoms. The Morgan fingerprint density at radius 3 is 2.55 bits per heavy atom. The summed E-state index contributed by atoms with van der Waals surface area (Å²) in [7, 11) is 1.77. The van der Waals surface area contributed by atoms with Gasteiger partial charge in [0.1, 0.15) is 0 Å². The minimum atomic E-state index is -0.815. The number of aliphatic hydroxyl groups is 2. The number of hydrogen-bond acceptors (Lipinski definition) is 4. The van der Waals surface area contributed by atoms with Crippen molar-refractivity contribution in [3.05, 3.63) is 0 Å². The average Bonchev–Trinajstić information content (AvgIpc) is 1.85. The van der Waals surface area contributed by atoms with Crippen molar-refractivity contribution < 1.29 is 14.9 Å². The Kier molecular flexibility index (Phi) is 2.84. The molecule has 66 valence electrons. The van der Waals surface area contributed by atoms with E-state index in [1.807, 2.05) is 6.92 Å². The van der Waals surface area contributed by atoms with Gasteiger partial charge in [-0.3, -0.25) is 0 Å². The SMILES string of the molecule is CN[C@@H]1[C@H](C)O[C@@H](O)C[C@@H]1O. The molecule has 0 radical (unpaired) electrons. The number of aliphatic hydroxyl groups excluding tert-OH is 2. The summed E-state index contributed by atoms with van der Waals surface area (Å²) in [6.07, 6.45) is -1.18. The standard InChI is InChI=1S/C7H15NO3/c1-4-7(8-2)5(9)3-6(10)11-4/h4-10H,3H2,1-2H3/t4-,5-,6+,7+/m0/s1. The summed E-state index contributed by atoms with van der Waals surface area (Å²) in [6, 6.07) is -0.0709. The molecule has 0 unspecified atom stereocenters. The lowest BCUT2D eigenvalue weighted by Crippen LogP contribution is -2.53. The van der Waals surface area contributed by atoms with Crippen molar-refractivity contribution in [1.82, 2.24) is 5.32 Å². The van der Waals surface area contributed by atoms with Crippen molar-refractivity contribution in [1.29, 1.82) is 0 Å². The number of hydrogen-bond donors (Lipinski definition) is 3. The topological polar surface area (TPSA) is 61.7 Å². The van der Waals surface area contributed by atoms with E-state index >= 15 is 0 Å². The molecule has 4 heteroatoms. The largest absolute Gasteiger partial charge is 0.391 e. The van der Waals surface area contributed by atoms with Gasteiger partial charge in [-0.25, -0.2) is 0 Å². The zero-order chi connectivity index (χ0) is 8.43. The maximum atomic E-state index is 9.41. The highest BCUT2D eigenvalue weighted by Gasteiger charge is 2.33. The predicted octanol–water partition coefficient (Wildman–Crippen LogP) is -0.938. The van der Waals surface area contributed by atoms with Gasteiger partial charge in [0, 0.05) is 6.42 Å². The van der Waals surface area contributed by atoms with E-state index in [4.69, 9.17) is 9.84 Å². The molecule has 1 heterocycles. The van der Waals surface area contributed by atoms with Crippen LogP contribution in [-0.2, 0) is 4.74 Å². The molecule has 4 atom stereocenters. The minimum absolute atomic E-state index is 0.0709. The third kappa shape index (κ3) is 1.90. The number of ether oxygens (including phenoxy) is 1. The van der Waals surface area contributed by atoms with Crippen LogP contribution in [0.25, 0.3) is 0 Å². The zero-order valence-electron chi connectivity index (χ0n) is 6.82. The fourth-order valence-corrected chi connectivity index (χ4v) is 1.48. The van der Waals surface area contributed by atoms with Gasteiger partial charge in [-0.05, 0) is 14.0 Å². The van der Waals surface area contributed by atoms with Crippen molar-refractivity contribution in [2.24, 2.45) is 0 Å². The number of likely N-dealkylation sites (N-methyl/N-ethyl adjacent to an activating group) is 1. The van der Waals surface area contributed by atoms with Crippen LogP contribution in [0.15, 0.2) is 0 Å². The second-order valence-electron chi connectivity index (χ2n) is 2.91. The van der Waals surface area contributed by atoms with Gasteiger partial charge >= 0.3 is 0 Å². The van der Waals surface area contributed by atoms with Gasteiger partial charge in [-0.15, -0.1) is 0 Å². The molecule has 0 saturated carbocycles. The second-order valence-corrected chi connectivity index (χ2v) is 2.91. The summed E-state index contributed by atoms with van der Waals surface area (Å²) in [5.74, 6) is 0. The van der Waals surface area contributed by atoms with E-state index in [2.05, 4.69) is 5.32 Å². The molecule has 0 bridgehead atoms. The second kappa shape index (κ2) is 3.49. The van der Waals surface area contributed by atoms with Crippen molar-refractivity contribution in [3.63, 3.8) is 0 Å². The lowest BCUT2D eigenvalue weighted by atomic mass is 10.00. The van der Waals surface area contributed by atoms with E-state index in [0.29, 0.717) is 0 Å². The van der Waals surface area contributed by atoms with Gasteiger partial charge < -0.3 is 20.3 Å². The normalized spacial score (nSPS) is 45.8. The van der Waals surface area contributed by atoms with Gasteiger partial charge in [-0.2, -0.15) is 0 Å². The smallest absolute Gasteiger partial charge is 0.157 e. The van der Waals surface area contributed by atoms with Crippen LogP contribution in [0.1, 0.15) is 13.3 Å². The van der Waals surface area contributed by atoms with Gasteiger partial charge in [0.25, 0.3) is 0 Å². The molecule has 0 spiro atoms. The van der Waals surface area contributed by atoms with E-state index < -0.39 is 12.4 Å². The first kappa shape index (κ1) is 8.93. The van der Waals surface area contributed by atoms with Crippen molar-refractivity contribution in [2.45, 2.75) is 37.9 Å². The zero-order valence-corrected chi connectivity index (χ0v) is 6.82. The van der Waals surface area contributed by atoms with Gasteiger partial charge in [0.2, 0.25) is 0 Å². The third-order valence-corrected chi connectivity index (χ3v) is 2.07. The molecule has 0 aromatic carbocycles. The summed E-state index contributed by atoms with van der Waals surface area (Å²) in [6.45, 7) is 1.83. The molecular weight excluding hydrogens is 146 g/mol. The maximum absolute atomic E-state index is 9.41. The highest BCUT2D eigenvalue weighted by Crippen LogP contribution is 2.17. The van der Waals surface area contributed by atoms with Gasteiger partial charge in [0.05, 0.1) is 18.2 Å². The van der Waals surface area contributed by atoms with Crippen molar-refractivity contribution in [3.8, 4) is 0 Å². The van der Waals surface area contributed by atoms with Crippen molar-refractivity contribution >= 4 is 0 Å². The maximum Gasteiger partial charge on any atom is 0.157 e. The van der Waals surface area contributed by atoms with E-state index in [0.717, 1.165) is 0 Å². The van der Waals surface area contributed by atoms with Crippen LogP contribution in [0, 0.1) is 0 Å². The van der Waals surface area contributed by atoms with Crippen LogP contribution >= 0.6 is 0 Å². The molecular formula is C7H15NO3. The summed E-state index contributed by atoms with van der Waals surface area (Å²) in [5.41, 5.74) is 0. The quantitative estimate of drug-likeness (QED) is 0.464. The first-order chi connectivity index (χ1) is 5.15. The summed E-state index contributed by atoms with van der Waals surface area (Å²) < 4.78 is 5.09. The summed E-state index contributed by atoms with van der Waals surface area (Å²) >= 11 is 0. The fourth-order valence-electron chi connectivity index (χ4n) is 1.48. The van der Waals surface area contributed by atoms with E-state index in [9.17, 15) is 5.11 Å². The molecule has 3 N–H and O–H groups in total. The molecule has 0 amide bonds. The molecule has 0 aromatic rings. The van der Waals surface area contributed by atoms with Crippen LogP contribution in [0.3, 0.4) is 0 Å². The highest BCUT2D eigenvalue weighted by molar-refractivity contribution is 4.84. The highest BCUT2D eigenvalue weighted by atomic mass is 16.6. The lowest BCUT2D eigenvalue weighted by molar-refractivity contribution is -0.195. The van der Waals surface area contributed by atoms with E-state index in [1.54, 1.807) is 7.05 Å².